The van der Waals surface area contributed by atoms with E-state index in [2.05, 4.69) is 5.32 Å². The molecule has 0 bridgehead atoms. The van der Waals surface area contributed by atoms with Crippen molar-refractivity contribution in [3.63, 3.8) is 0 Å². The standard InChI is InChI=1S/C13H11ClN2O3/c14-10-7-6-9(19-10)13(18)16-11(12(15)17)8-4-2-1-3-5-8/h1-7,11H,(H2,15,17)(H,16,18). The van der Waals surface area contributed by atoms with Gasteiger partial charge in [0.15, 0.2) is 11.0 Å². The minimum Gasteiger partial charge on any atom is -0.440 e. The van der Waals surface area contributed by atoms with Crippen molar-refractivity contribution in [1.82, 2.24) is 5.32 Å². The second-order valence-corrected chi connectivity index (χ2v) is 4.20. The Morgan fingerprint density at radius 2 is 1.84 bits per heavy atom. The van der Waals surface area contributed by atoms with Gasteiger partial charge in [-0.3, -0.25) is 9.59 Å². The number of halogens is 1. The van der Waals surface area contributed by atoms with Crippen molar-refractivity contribution >= 4 is 23.4 Å². The minimum absolute atomic E-state index is 0.0205. The summed E-state index contributed by atoms with van der Waals surface area (Å²) in [6.45, 7) is 0. The van der Waals surface area contributed by atoms with Crippen LogP contribution in [-0.4, -0.2) is 11.8 Å². The molecule has 0 radical (unpaired) electrons. The zero-order valence-corrected chi connectivity index (χ0v) is 10.6. The predicted octanol–water partition coefficient (Wildman–Crippen LogP) is 1.89. The van der Waals surface area contributed by atoms with Crippen molar-refractivity contribution < 1.29 is 14.0 Å². The molecule has 0 aliphatic heterocycles. The van der Waals surface area contributed by atoms with Crippen molar-refractivity contribution in [2.75, 3.05) is 0 Å². The van der Waals surface area contributed by atoms with E-state index in [1.807, 2.05) is 0 Å². The van der Waals surface area contributed by atoms with Gasteiger partial charge < -0.3 is 15.5 Å². The highest BCUT2D eigenvalue weighted by Gasteiger charge is 2.22. The molecule has 0 fully saturated rings. The molecule has 1 aromatic heterocycles. The van der Waals surface area contributed by atoms with E-state index in [0.717, 1.165) is 0 Å². The van der Waals surface area contributed by atoms with Gasteiger partial charge in [0.25, 0.3) is 5.91 Å². The number of primary amides is 1. The zero-order chi connectivity index (χ0) is 13.8. The van der Waals surface area contributed by atoms with Crippen LogP contribution in [0.5, 0.6) is 0 Å². The molecule has 1 atom stereocenters. The quantitative estimate of drug-likeness (QED) is 0.895. The third kappa shape index (κ3) is 3.14. The van der Waals surface area contributed by atoms with E-state index in [9.17, 15) is 9.59 Å². The molecule has 0 saturated heterocycles. The van der Waals surface area contributed by atoms with Gasteiger partial charge in [0.2, 0.25) is 5.91 Å². The number of carbonyl (C=O) groups is 2. The molecular formula is C13H11ClN2O3. The average Bonchev–Trinajstić information content (AvgIpc) is 2.83. The van der Waals surface area contributed by atoms with Crippen molar-refractivity contribution in [2.45, 2.75) is 6.04 Å². The fraction of sp³-hybridized carbons (Fsp3) is 0.0769. The van der Waals surface area contributed by atoms with Gasteiger partial charge >= 0.3 is 0 Å². The smallest absolute Gasteiger partial charge is 0.287 e. The number of furan rings is 1. The molecule has 0 aliphatic carbocycles. The Balaban J connectivity index is 2.18. The van der Waals surface area contributed by atoms with Gasteiger partial charge in [0.05, 0.1) is 0 Å². The average molecular weight is 279 g/mol. The molecule has 19 heavy (non-hydrogen) atoms. The highest BCUT2D eigenvalue weighted by atomic mass is 35.5. The summed E-state index contributed by atoms with van der Waals surface area (Å²) in [5, 5.41) is 2.59. The monoisotopic (exact) mass is 278 g/mol. The molecule has 0 spiro atoms. The summed E-state index contributed by atoms with van der Waals surface area (Å²) < 4.78 is 4.96. The number of nitrogens with one attached hydrogen (secondary N) is 1. The highest BCUT2D eigenvalue weighted by molar-refractivity contribution is 6.29. The number of nitrogens with two attached hydrogens (primary N) is 1. The van der Waals surface area contributed by atoms with E-state index in [1.54, 1.807) is 30.3 Å². The zero-order valence-electron chi connectivity index (χ0n) is 9.80. The van der Waals surface area contributed by atoms with Crippen LogP contribution in [0.25, 0.3) is 0 Å². The van der Waals surface area contributed by atoms with Gasteiger partial charge in [0, 0.05) is 0 Å². The fourth-order valence-electron chi connectivity index (χ4n) is 1.60. The molecule has 1 unspecified atom stereocenters. The maximum absolute atomic E-state index is 11.9. The lowest BCUT2D eigenvalue weighted by Crippen LogP contribution is -2.37. The molecule has 5 nitrogen and oxygen atoms in total. The van der Waals surface area contributed by atoms with Gasteiger partial charge in [0.1, 0.15) is 6.04 Å². The van der Waals surface area contributed by atoms with Crippen LogP contribution in [0.1, 0.15) is 22.2 Å². The maximum Gasteiger partial charge on any atom is 0.287 e. The number of rotatable bonds is 4. The first-order valence-electron chi connectivity index (χ1n) is 5.48. The van der Waals surface area contributed by atoms with Crippen molar-refractivity contribution in [3.05, 3.63) is 59.0 Å². The normalized spacial score (nSPS) is 11.8. The van der Waals surface area contributed by atoms with E-state index in [0.29, 0.717) is 5.56 Å². The third-order valence-corrected chi connectivity index (χ3v) is 2.69. The molecule has 2 amide bonds. The molecule has 1 aromatic carbocycles. The number of carbonyl (C=O) groups excluding carboxylic acids is 2. The first-order chi connectivity index (χ1) is 9.08. The van der Waals surface area contributed by atoms with E-state index in [4.69, 9.17) is 21.8 Å². The SMILES string of the molecule is NC(=O)C(NC(=O)c1ccc(Cl)o1)c1ccccc1. The Morgan fingerprint density at radius 1 is 1.16 bits per heavy atom. The van der Waals surface area contributed by atoms with Crippen LogP contribution in [0, 0.1) is 0 Å². The predicted molar refractivity (Wildman–Crippen MR) is 69.6 cm³/mol. The molecule has 6 heteroatoms. The van der Waals surface area contributed by atoms with Crippen LogP contribution in [0.15, 0.2) is 46.9 Å². The highest BCUT2D eigenvalue weighted by Crippen LogP contribution is 2.16. The van der Waals surface area contributed by atoms with E-state index in [1.165, 1.54) is 12.1 Å². The fourth-order valence-corrected chi connectivity index (χ4v) is 1.75. The van der Waals surface area contributed by atoms with Crippen molar-refractivity contribution in [3.8, 4) is 0 Å². The first kappa shape index (κ1) is 13.2. The topological polar surface area (TPSA) is 85.3 Å². The molecule has 3 N–H and O–H groups in total. The van der Waals surface area contributed by atoms with Crippen LogP contribution >= 0.6 is 11.6 Å². The maximum atomic E-state index is 11.9. The lowest BCUT2D eigenvalue weighted by molar-refractivity contribution is -0.120. The molecule has 2 aromatic rings. The van der Waals surface area contributed by atoms with Gasteiger partial charge in [-0.15, -0.1) is 0 Å². The molecule has 98 valence electrons. The summed E-state index contributed by atoms with van der Waals surface area (Å²) in [5.74, 6) is -1.19. The lowest BCUT2D eigenvalue weighted by atomic mass is 10.1. The van der Waals surface area contributed by atoms with Crippen LogP contribution in [0.2, 0.25) is 5.22 Å². The summed E-state index contributed by atoms with van der Waals surface area (Å²) in [6.07, 6.45) is 0. The Bertz CT molecular complexity index is 595. The Hall–Kier alpha value is -2.27. The number of hydrogen-bond acceptors (Lipinski definition) is 3. The minimum atomic E-state index is -0.919. The lowest BCUT2D eigenvalue weighted by Gasteiger charge is -2.14. The van der Waals surface area contributed by atoms with Crippen LogP contribution in [0.3, 0.4) is 0 Å². The number of amides is 2. The van der Waals surface area contributed by atoms with Crippen molar-refractivity contribution in [1.29, 1.82) is 0 Å². The Morgan fingerprint density at radius 3 is 2.37 bits per heavy atom. The van der Waals surface area contributed by atoms with Gasteiger partial charge in [-0.2, -0.15) is 0 Å². The Kier molecular flexibility index (Phi) is 3.87. The van der Waals surface area contributed by atoms with Gasteiger partial charge in [-0.25, -0.2) is 0 Å². The van der Waals surface area contributed by atoms with E-state index in [-0.39, 0.29) is 11.0 Å². The second-order valence-electron chi connectivity index (χ2n) is 3.82. The largest absolute Gasteiger partial charge is 0.440 e. The molecule has 0 aliphatic rings. The van der Waals surface area contributed by atoms with E-state index >= 15 is 0 Å². The van der Waals surface area contributed by atoms with Crippen LogP contribution in [0.4, 0.5) is 0 Å². The van der Waals surface area contributed by atoms with Crippen LogP contribution in [-0.2, 0) is 4.79 Å². The third-order valence-electron chi connectivity index (χ3n) is 2.49. The number of hydrogen-bond donors (Lipinski definition) is 2. The summed E-state index contributed by atoms with van der Waals surface area (Å²) in [5.41, 5.74) is 5.89. The summed E-state index contributed by atoms with van der Waals surface area (Å²) in [4.78, 5) is 23.3. The second kappa shape index (κ2) is 5.58. The molecular weight excluding hydrogens is 268 g/mol. The first-order valence-corrected chi connectivity index (χ1v) is 5.86. The number of benzene rings is 1. The molecule has 2 rings (SSSR count). The van der Waals surface area contributed by atoms with Crippen molar-refractivity contribution in [2.24, 2.45) is 5.73 Å². The van der Waals surface area contributed by atoms with Gasteiger partial charge in [-0.1, -0.05) is 30.3 Å². The summed E-state index contributed by atoms with van der Waals surface area (Å²) in [6, 6.07) is 10.6. The van der Waals surface area contributed by atoms with Gasteiger partial charge in [-0.05, 0) is 29.3 Å². The molecule has 0 saturated carbocycles. The summed E-state index contributed by atoms with van der Waals surface area (Å²) >= 11 is 5.58. The van der Waals surface area contributed by atoms with E-state index < -0.39 is 17.9 Å². The summed E-state index contributed by atoms with van der Waals surface area (Å²) in [7, 11) is 0. The Labute approximate surface area is 114 Å². The molecule has 1 heterocycles. The van der Waals surface area contributed by atoms with Crippen LogP contribution < -0.4 is 11.1 Å².